The monoisotopic (exact) mass is 1770 g/mol. The van der Waals surface area contributed by atoms with Gasteiger partial charge in [-0.25, -0.2) is 25.0 Å². The summed E-state index contributed by atoms with van der Waals surface area (Å²) in [6.07, 6.45) is 4.52. The van der Waals surface area contributed by atoms with Crippen molar-refractivity contribution in [2.24, 2.45) is 25.0 Å². The summed E-state index contributed by atoms with van der Waals surface area (Å²) < 4.78 is 31.7. The molecule has 5 aliphatic rings. The lowest BCUT2D eigenvalue weighted by atomic mass is 9.91. The Bertz CT molecular complexity index is 6200. The van der Waals surface area contributed by atoms with E-state index in [9.17, 15) is 0 Å². The maximum absolute atomic E-state index is 6.31. The Hall–Kier alpha value is -15.0. The Morgan fingerprint density at radius 3 is 0.649 bits per heavy atom. The van der Waals surface area contributed by atoms with Gasteiger partial charge < -0.3 is 52.9 Å². The highest BCUT2D eigenvalue weighted by atomic mass is 35.5. The number of nitrogens with zero attached hydrogens (tertiary/aromatic N) is 10. The number of amidine groups is 5. The number of rotatable bonds is 21. The van der Waals surface area contributed by atoms with E-state index in [1.54, 1.807) is 42.7 Å². The van der Waals surface area contributed by atoms with Crippen LogP contribution in [0.5, 0.6) is 34.5 Å². The van der Waals surface area contributed by atoms with Crippen LogP contribution in [0.3, 0.4) is 0 Å². The number of halogens is 2. The zero-order valence-electron chi connectivity index (χ0n) is 74.6. The number of methoxy groups -OCH3 is 6. The largest absolute Gasteiger partial charge is 0.497 e. The van der Waals surface area contributed by atoms with E-state index in [1.807, 2.05) is 249 Å². The van der Waals surface area contributed by atoms with Gasteiger partial charge in [0.2, 0.25) is 0 Å². The van der Waals surface area contributed by atoms with Crippen LogP contribution in [-0.2, 0) is 0 Å². The lowest BCUT2D eigenvalue weighted by molar-refractivity contribution is 0.414. The van der Waals surface area contributed by atoms with Gasteiger partial charge in [-0.05, 0) is 266 Å². The molecule has 0 saturated carbocycles. The Kier molecular flexibility index (Phi) is 29.5. The number of hydrogen-bond acceptors (Lipinski definition) is 11. The highest BCUT2D eigenvalue weighted by Gasteiger charge is 2.41. The van der Waals surface area contributed by atoms with Gasteiger partial charge in [-0.1, -0.05) is 205 Å². The molecule has 0 aromatic heterocycles. The van der Waals surface area contributed by atoms with Gasteiger partial charge in [0.05, 0.1) is 101 Å². The van der Waals surface area contributed by atoms with E-state index in [-0.39, 0.29) is 18.1 Å². The van der Waals surface area contributed by atoms with Crippen molar-refractivity contribution in [1.82, 2.24) is 0 Å². The van der Waals surface area contributed by atoms with Crippen LogP contribution >= 0.6 is 23.2 Å². The highest BCUT2D eigenvalue weighted by Crippen LogP contribution is 2.48. The molecule has 0 aliphatic carbocycles. The fourth-order valence-corrected chi connectivity index (χ4v) is 17.0. The SMILES string of the molecule is COc1ccc(C2CC(=Nc3ccccc3)N2c2ccc(OC)cc2)cc1.COc1ccc(C2CC(=Nc3ccccc3)N2c2ccccc2)cc1.COc1ccc(N2C(=Nc3ccccc3)CC2c2cc(C)cc(Cl)c2)cc1.COc1ccc(N2C(=Nc3ccccc3)CC2c2ccc(C)cc2)cc1.COc1ccc(N2C(=Nc3ccccc3)CC2c2ccc(Cl)cc2)cc1. The number of aliphatic imine (C=N–C) groups is 5. The Morgan fingerprint density at radius 2 is 0.412 bits per heavy atom. The molecule has 0 N–H and O–H groups in total. The molecule has 20 rings (SSSR count). The van der Waals surface area contributed by atoms with Crippen LogP contribution in [0.1, 0.15) is 101 Å². The van der Waals surface area contributed by atoms with E-state index in [1.165, 1.54) is 44.6 Å². The maximum Gasteiger partial charge on any atom is 0.119 e. The zero-order chi connectivity index (χ0) is 90.4. The van der Waals surface area contributed by atoms with E-state index in [0.29, 0.717) is 12.1 Å². The molecule has 16 nitrogen and oxygen atoms in total. The van der Waals surface area contributed by atoms with Crippen LogP contribution in [0.25, 0.3) is 0 Å². The number of hydrogen-bond donors (Lipinski definition) is 0. The van der Waals surface area contributed by atoms with Crippen LogP contribution in [0, 0.1) is 13.8 Å². The molecular weight excluding hydrogens is 1660 g/mol. The van der Waals surface area contributed by atoms with Crippen LogP contribution in [-0.4, -0.2) is 71.8 Å². The number of ether oxygens (including phenoxy) is 6. The summed E-state index contributed by atoms with van der Waals surface area (Å²) in [7, 11) is 10.1. The molecule has 0 bridgehead atoms. The molecule has 0 amide bonds. The number of para-hydroxylation sites is 6. The van der Waals surface area contributed by atoms with Gasteiger partial charge in [0.1, 0.15) is 63.7 Å². The molecule has 5 aliphatic heterocycles. The van der Waals surface area contributed by atoms with Crippen LogP contribution in [0.4, 0.5) is 56.9 Å². The average molecular weight is 1770 g/mol. The predicted molar refractivity (Wildman–Crippen MR) is 540 cm³/mol. The van der Waals surface area contributed by atoms with Crippen molar-refractivity contribution in [3.8, 4) is 34.5 Å². The van der Waals surface area contributed by atoms with Gasteiger partial charge in [-0.2, -0.15) is 0 Å². The van der Waals surface area contributed by atoms with Gasteiger partial charge in [0.25, 0.3) is 0 Å². The van der Waals surface area contributed by atoms with Crippen molar-refractivity contribution in [2.45, 2.75) is 76.2 Å². The molecule has 5 unspecified atom stereocenters. The Balaban J connectivity index is 0.000000120. The highest BCUT2D eigenvalue weighted by molar-refractivity contribution is 6.31. The zero-order valence-corrected chi connectivity index (χ0v) is 76.1. The van der Waals surface area contributed by atoms with Crippen LogP contribution < -0.4 is 52.9 Å². The van der Waals surface area contributed by atoms with E-state index >= 15 is 0 Å². The fraction of sp³-hybridized carbons (Fsp3) is 0.159. The predicted octanol–water partition coefficient (Wildman–Crippen LogP) is 28.8. The molecule has 656 valence electrons. The summed E-state index contributed by atoms with van der Waals surface area (Å²) in [6, 6.07) is 134. The summed E-state index contributed by atoms with van der Waals surface area (Å²) in [4.78, 5) is 35.8. The molecule has 15 aromatic carbocycles. The lowest BCUT2D eigenvalue weighted by Gasteiger charge is -2.44. The standard InChI is InChI=1S/C23H21ClN2O.C23H22N2O2.C23H22N2O.C22H19ClN2O.C22H20N2O/c1-16-12-17(14-18(24)13-16)22-15-23(25-19-6-4-3-5-7-19)26(22)20-8-10-21(27-2)11-9-20;1-26-20-12-8-17(9-13-20)22-16-23(24-18-6-4-3-5-7-18)25(22)19-10-14-21(27-2)15-11-19;1-17-8-10-18(11-9-17)22-16-23(24-19-6-4-3-5-7-19)25(22)20-12-14-21(26-2)15-13-20;1-26-20-13-11-19(12-14-20)25-21(16-7-9-17(23)10-8-16)15-22(25)24-18-5-3-2-4-6-18;1-25-20-14-12-17(13-15-20)21-16-22(23-18-8-4-2-5-9-18)24(21)19-10-6-3-7-11-19/h3-14,22H,15H2,1-2H3;3-15,22H,16H2,1-2H3;3-15,22H,16H2,1-2H3;2-14,21H,15H2,1H3;2-15,21H,16H2,1H3. The first-order chi connectivity index (χ1) is 64.2. The van der Waals surface area contributed by atoms with Crippen molar-refractivity contribution in [1.29, 1.82) is 0 Å². The molecule has 0 radical (unpaired) electrons. The first kappa shape index (κ1) is 89.4. The first-order valence-corrected chi connectivity index (χ1v) is 44.6. The third-order valence-electron chi connectivity index (χ3n) is 23.5. The number of benzene rings is 15. The molecule has 5 fully saturated rings. The third kappa shape index (κ3) is 22.2. The van der Waals surface area contributed by atoms with Crippen molar-refractivity contribution >= 4 is 109 Å². The normalized spacial score (nSPS) is 17.8. The van der Waals surface area contributed by atoms with Gasteiger partial charge in [-0.15, -0.1) is 0 Å². The average Bonchev–Trinajstić information content (AvgIpc) is 0.776. The van der Waals surface area contributed by atoms with Crippen LogP contribution in [0.2, 0.25) is 10.0 Å². The van der Waals surface area contributed by atoms with E-state index in [2.05, 4.69) is 184 Å². The van der Waals surface area contributed by atoms with Crippen molar-refractivity contribution in [2.75, 3.05) is 67.2 Å². The topological polar surface area (TPSA) is 133 Å². The van der Waals surface area contributed by atoms with E-state index in [0.717, 1.165) is 157 Å². The molecule has 5 atom stereocenters. The summed E-state index contributed by atoms with van der Waals surface area (Å²) >= 11 is 12.4. The number of aryl methyl sites for hydroxylation is 2. The minimum Gasteiger partial charge on any atom is -0.497 e. The second kappa shape index (κ2) is 43.2. The molecular formula is C113H104Cl2N10O6. The van der Waals surface area contributed by atoms with Gasteiger partial charge in [-0.3, -0.25) is 0 Å². The Morgan fingerprint density at radius 1 is 0.206 bits per heavy atom. The first-order valence-electron chi connectivity index (χ1n) is 43.8. The molecule has 5 saturated heterocycles. The van der Waals surface area contributed by atoms with Gasteiger partial charge in [0.15, 0.2) is 0 Å². The molecule has 131 heavy (non-hydrogen) atoms. The summed E-state index contributed by atoms with van der Waals surface area (Å²) in [5, 5.41) is 1.52. The second-order valence-electron chi connectivity index (χ2n) is 32.0. The summed E-state index contributed by atoms with van der Waals surface area (Å²) in [5.41, 5.74) is 19.2. The fourth-order valence-electron chi connectivity index (χ4n) is 16.5. The van der Waals surface area contributed by atoms with Crippen molar-refractivity contribution in [3.05, 3.63) is 443 Å². The lowest BCUT2D eigenvalue weighted by Crippen LogP contribution is -2.46. The summed E-state index contributed by atoms with van der Waals surface area (Å²) in [6.45, 7) is 4.19. The second-order valence-corrected chi connectivity index (χ2v) is 32.8. The quantitative estimate of drug-likeness (QED) is 0.0681. The Labute approximate surface area is 778 Å². The van der Waals surface area contributed by atoms with E-state index in [4.69, 9.17) is 76.6 Å². The smallest absolute Gasteiger partial charge is 0.119 e. The van der Waals surface area contributed by atoms with Crippen LogP contribution in [0.15, 0.2) is 419 Å². The van der Waals surface area contributed by atoms with Crippen molar-refractivity contribution in [3.63, 3.8) is 0 Å². The molecule has 0 spiro atoms. The summed E-state index contributed by atoms with van der Waals surface area (Å²) in [5.74, 6) is 10.5. The van der Waals surface area contributed by atoms with E-state index < -0.39 is 0 Å². The molecule has 15 aromatic rings. The molecule has 5 heterocycles. The minimum atomic E-state index is 0.221. The number of anilines is 5. The van der Waals surface area contributed by atoms with Gasteiger partial charge >= 0.3 is 0 Å². The van der Waals surface area contributed by atoms with Gasteiger partial charge in [0, 0.05) is 70.6 Å². The minimum absolute atomic E-state index is 0.221. The maximum atomic E-state index is 6.31. The van der Waals surface area contributed by atoms with Crippen molar-refractivity contribution < 1.29 is 28.4 Å². The third-order valence-corrected chi connectivity index (χ3v) is 24.0. The molecule has 18 heteroatoms.